The third-order valence-electron chi connectivity index (χ3n) is 2.95. The largest absolute Gasteiger partial charge is 0.383 e. The van der Waals surface area contributed by atoms with Crippen LogP contribution in [0.5, 0.6) is 0 Å². The van der Waals surface area contributed by atoms with Gasteiger partial charge in [0.15, 0.2) is 0 Å². The number of nitro benzene ring substituents is 1. The molecule has 0 bridgehead atoms. The second-order valence-electron chi connectivity index (χ2n) is 4.55. The lowest BCUT2D eigenvalue weighted by Crippen LogP contribution is -2.38. The predicted molar refractivity (Wildman–Crippen MR) is 78.9 cm³/mol. The molecule has 0 saturated heterocycles. The second kappa shape index (κ2) is 8.18. The van der Waals surface area contributed by atoms with Gasteiger partial charge in [-0.3, -0.25) is 20.8 Å². The van der Waals surface area contributed by atoms with E-state index in [2.05, 4.69) is 10.7 Å². The maximum Gasteiger partial charge on any atom is 0.293 e. The minimum absolute atomic E-state index is 0.0893. The van der Waals surface area contributed by atoms with E-state index in [0.29, 0.717) is 12.2 Å². The van der Waals surface area contributed by atoms with Crippen molar-refractivity contribution in [2.24, 2.45) is 5.84 Å². The monoisotopic (exact) mass is 296 g/mol. The second-order valence-corrected chi connectivity index (χ2v) is 4.55. The van der Waals surface area contributed by atoms with Crippen LogP contribution in [0.1, 0.15) is 30.1 Å². The van der Waals surface area contributed by atoms with Gasteiger partial charge in [0.05, 0.1) is 17.6 Å². The Bertz CT molecular complexity index is 501. The highest BCUT2D eigenvalue weighted by Gasteiger charge is 2.18. The molecule has 1 amide bonds. The highest BCUT2D eigenvalue weighted by molar-refractivity contribution is 5.96. The average Bonchev–Trinajstić information content (AvgIpc) is 2.46. The van der Waals surface area contributed by atoms with Gasteiger partial charge in [0.1, 0.15) is 5.69 Å². The fraction of sp³-hybridized carbons (Fsp3) is 0.462. The summed E-state index contributed by atoms with van der Waals surface area (Å²) < 4.78 is 5.05. The van der Waals surface area contributed by atoms with Gasteiger partial charge in [-0.1, -0.05) is 13.3 Å². The molecule has 0 aromatic heterocycles. The van der Waals surface area contributed by atoms with E-state index in [4.69, 9.17) is 10.6 Å². The van der Waals surface area contributed by atoms with Crippen molar-refractivity contribution < 1.29 is 14.5 Å². The Kier molecular flexibility index (Phi) is 6.57. The zero-order valence-corrected chi connectivity index (χ0v) is 12.1. The summed E-state index contributed by atoms with van der Waals surface area (Å²) in [6.45, 7) is 2.42. The molecular weight excluding hydrogens is 276 g/mol. The zero-order chi connectivity index (χ0) is 15.8. The van der Waals surface area contributed by atoms with Crippen LogP contribution < -0.4 is 16.6 Å². The van der Waals surface area contributed by atoms with Crippen molar-refractivity contribution in [1.29, 1.82) is 0 Å². The van der Waals surface area contributed by atoms with Crippen molar-refractivity contribution in [3.05, 3.63) is 33.9 Å². The molecule has 1 atom stereocenters. The zero-order valence-electron chi connectivity index (χ0n) is 12.1. The quantitative estimate of drug-likeness (QED) is 0.379. The van der Waals surface area contributed by atoms with Gasteiger partial charge in [0.25, 0.3) is 11.6 Å². The Hall–Kier alpha value is -2.19. The number of anilines is 1. The molecule has 0 aliphatic carbocycles. The van der Waals surface area contributed by atoms with Crippen LogP contribution >= 0.6 is 0 Å². The van der Waals surface area contributed by atoms with Crippen LogP contribution in [0.15, 0.2) is 18.2 Å². The number of benzene rings is 1. The normalized spacial score (nSPS) is 11.8. The maximum absolute atomic E-state index is 12.1. The van der Waals surface area contributed by atoms with Crippen LogP contribution in [-0.4, -0.2) is 30.6 Å². The number of carbonyl (C=O) groups excluding carboxylic acids is 1. The Morgan fingerprint density at radius 1 is 1.52 bits per heavy atom. The van der Waals surface area contributed by atoms with Crippen LogP contribution in [0.25, 0.3) is 0 Å². The highest BCUT2D eigenvalue weighted by atomic mass is 16.6. The van der Waals surface area contributed by atoms with Crippen molar-refractivity contribution in [3.63, 3.8) is 0 Å². The average molecular weight is 296 g/mol. The number of nitro groups is 1. The molecule has 21 heavy (non-hydrogen) atoms. The van der Waals surface area contributed by atoms with Gasteiger partial charge in [-0.15, -0.1) is 0 Å². The van der Waals surface area contributed by atoms with Gasteiger partial charge >= 0.3 is 0 Å². The van der Waals surface area contributed by atoms with E-state index < -0.39 is 4.92 Å². The molecule has 1 rings (SSSR count). The summed E-state index contributed by atoms with van der Waals surface area (Å²) in [7, 11) is 1.57. The van der Waals surface area contributed by atoms with Crippen molar-refractivity contribution in [3.8, 4) is 0 Å². The molecule has 8 nitrogen and oxygen atoms in total. The summed E-state index contributed by atoms with van der Waals surface area (Å²) in [5.74, 6) is 4.93. The summed E-state index contributed by atoms with van der Waals surface area (Å²) in [4.78, 5) is 22.4. The Balaban J connectivity index is 2.89. The van der Waals surface area contributed by atoms with E-state index in [-0.39, 0.29) is 23.3 Å². The van der Waals surface area contributed by atoms with Crippen molar-refractivity contribution in [1.82, 2.24) is 5.32 Å². The number of hydrazine groups is 1. The Labute approximate surface area is 122 Å². The maximum atomic E-state index is 12.1. The SMILES string of the molecule is CCCC(COC)NC(=O)c1ccc([N+](=O)[O-])c(NN)c1. The molecule has 116 valence electrons. The summed E-state index contributed by atoms with van der Waals surface area (Å²) in [5.41, 5.74) is 2.43. The number of hydrogen-bond donors (Lipinski definition) is 3. The third kappa shape index (κ3) is 4.69. The smallest absolute Gasteiger partial charge is 0.293 e. The summed E-state index contributed by atoms with van der Waals surface area (Å²) >= 11 is 0. The van der Waals surface area contributed by atoms with E-state index >= 15 is 0 Å². The molecule has 1 aromatic carbocycles. The van der Waals surface area contributed by atoms with Gasteiger partial charge < -0.3 is 15.5 Å². The molecule has 1 unspecified atom stereocenters. The minimum Gasteiger partial charge on any atom is -0.383 e. The fourth-order valence-corrected chi connectivity index (χ4v) is 1.97. The number of ether oxygens (including phenoxy) is 1. The molecule has 0 heterocycles. The summed E-state index contributed by atoms with van der Waals surface area (Å²) in [6, 6.07) is 3.89. The number of hydrogen-bond acceptors (Lipinski definition) is 6. The number of nitrogen functional groups attached to an aromatic ring is 1. The van der Waals surface area contributed by atoms with Crippen molar-refractivity contribution >= 4 is 17.3 Å². The van der Waals surface area contributed by atoms with E-state index in [0.717, 1.165) is 12.8 Å². The number of amides is 1. The fourth-order valence-electron chi connectivity index (χ4n) is 1.97. The topological polar surface area (TPSA) is 120 Å². The molecule has 0 aliphatic rings. The van der Waals surface area contributed by atoms with E-state index in [1.807, 2.05) is 6.92 Å². The standard InChI is InChI=1S/C13H20N4O4/c1-3-4-10(8-21-2)15-13(18)9-5-6-12(17(19)20)11(7-9)16-14/h5-7,10,16H,3-4,8,14H2,1-2H3,(H,15,18). The summed E-state index contributed by atoms with van der Waals surface area (Å²) in [5, 5.41) is 13.6. The first-order valence-electron chi connectivity index (χ1n) is 6.58. The first-order valence-corrected chi connectivity index (χ1v) is 6.58. The molecular formula is C13H20N4O4. The van der Waals surface area contributed by atoms with Crippen molar-refractivity contribution in [2.45, 2.75) is 25.8 Å². The molecule has 1 aromatic rings. The lowest BCUT2D eigenvalue weighted by Gasteiger charge is -2.17. The number of carbonyl (C=O) groups is 1. The van der Waals surface area contributed by atoms with E-state index in [1.54, 1.807) is 7.11 Å². The molecule has 4 N–H and O–H groups in total. The number of nitrogens with zero attached hydrogens (tertiary/aromatic N) is 1. The predicted octanol–water partition coefficient (Wildman–Crippen LogP) is 1.43. The van der Waals surface area contributed by atoms with Crippen molar-refractivity contribution in [2.75, 3.05) is 19.1 Å². The Morgan fingerprint density at radius 3 is 2.76 bits per heavy atom. The van der Waals surface area contributed by atoms with Crippen LogP contribution in [0, 0.1) is 10.1 Å². The molecule has 0 radical (unpaired) electrons. The van der Waals surface area contributed by atoms with Gasteiger partial charge in [0, 0.05) is 18.7 Å². The highest BCUT2D eigenvalue weighted by Crippen LogP contribution is 2.24. The Morgan fingerprint density at radius 2 is 2.24 bits per heavy atom. The number of nitrogens with two attached hydrogens (primary N) is 1. The van der Waals surface area contributed by atoms with Crippen LogP contribution in [0.2, 0.25) is 0 Å². The van der Waals surface area contributed by atoms with E-state index in [9.17, 15) is 14.9 Å². The molecule has 0 saturated carbocycles. The van der Waals surface area contributed by atoms with E-state index in [1.165, 1.54) is 18.2 Å². The number of nitrogens with one attached hydrogen (secondary N) is 2. The molecule has 8 heteroatoms. The minimum atomic E-state index is -0.568. The van der Waals surface area contributed by atoms with Crippen LogP contribution in [0.4, 0.5) is 11.4 Å². The molecule has 0 spiro atoms. The molecule has 0 fully saturated rings. The lowest BCUT2D eigenvalue weighted by molar-refractivity contribution is -0.384. The number of methoxy groups -OCH3 is 1. The number of rotatable bonds is 8. The summed E-state index contributed by atoms with van der Waals surface area (Å²) in [6.07, 6.45) is 1.69. The first kappa shape index (κ1) is 16.9. The van der Waals surface area contributed by atoms with Crippen LogP contribution in [0.3, 0.4) is 0 Å². The van der Waals surface area contributed by atoms with Gasteiger partial charge in [-0.25, -0.2) is 0 Å². The van der Waals surface area contributed by atoms with Gasteiger partial charge in [-0.05, 0) is 18.6 Å². The third-order valence-corrected chi connectivity index (χ3v) is 2.95. The van der Waals surface area contributed by atoms with Crippen LogP contribution in [-0.2, 0) is 4.74 Å². The van der Waals surface area contributed by atoms with Gasteiger partial charge in [-0.2, -0.15) is 0 Å². The molecule has 0 aliphatic heterocycles. The van der Waals surface area contributed by atoms with Gasteiger partial charge in [0.2, 0.25) is 0 Å². The lowest BCUT2D eigenvalue weighted by atomic mass is 10.1. The first-order chi connectivity index (χ1) is 10.0.